The van der Waals surface area contributed by atoms with E-state index in [4.69, 9.17) is 22.1 Å². The number of methoxy groups -OCH3 is 1. The highest BCUT2D eigenvalue weighted by molar-refractivity contribution is 6.30. The lowest BCUT2D eigenvalue weighted by Crippen LogP contribution is -2.34. The van der Waals surface area contributed by atoms with Crippen molar-refractivity contribution in [3.05, 3.63) is 64.7 Å². The highest BCUT2D eigenvalue weighted by Gasteiger charge is 2.38. The maximum atomic E-state index is 6.00. The van der Waals surface area contributed by atoms with Crippen LogP contribution in [-0.2, 0) is 6.54 Å². The van der Waals surface area contributed by atoms with Crippen LogP contribution in [-0.4, -0.2) is 19.1 Å². The van der Waals surface area contributed by atoms with Gasteiger partial charge in [-0.05, 0) is 30.2 Å². The Morgan fingerprint density at radius 1 is 1.26 bits per heavy atom. The zero-order valence-electron chi connectivity index (χ0n) is 13.0. The average molecular weight is 330 g/mol. The summed E-state index contributed by atoms with van der Waals surface area (Å²) >= 11 is 5.92. The second kappa shape index (κ2) is 6.92. The molecule has 2 atom stereocenters. The maximum Gasteiger partial charge on any atom is 0.189 e. The molecule has 3 rings (SSSR count). The Labute approximate surface area is 141 Å². The van der Waals surface area contributed by atoms with E-state index in [1.807, 2.05) is 36.4 Å². The quantitative estimate of drug-likeness (QED) is 0.653. The Morgan fingerprint density at radius 2 is 2.00 bits per heavy atom. The van der Waals surface area contributed by atoms with Crippen LogP contribution in [0.5, 0.6) is 5.75 Å². The van der Waals surface area contributed by atoms with Gasteiger partial charge in [-0.2, -0.15) is 0 Å². The molecular weight excluding hydrogens is 310 g/mol. The van der Waals surface area contributed by atoms with Crippen molar-refractivity contribution in [2.24, 2.45) is 10.7 Å². The van der Waals surface area contributed by atoms with E-state index in [9.17, 15) is 0 Å². The van der Waals surface area contributed by atoms with Crippen LogP contribution in [0.2, 0.25) is 5.02 Å². The molecule has 3 N–H and O–H groups in total. The van der Waals surface area contributed by atoms with Gasteiger partial charge in [-0.25, -0.2) is 4.99 Å². The minimum atomic E-state index is 0.345. The van der Waals surface area contributed by atoms with E-state index in [1.54, 1.807) is 7.11 Å². The third-order valence-electron chi connectivity index (χ3n) is 4.03. The zero-order chi connectivity index (χ0) is 16.2. The predicted octanol–water partition coefficient (Wildman–Crippen LogP) is 3.31. The summed E-state index contributed by atoms with van der Waals surface area (Å²) in [6, 6.07) is 16.1. The Kier molecular flexibility index (Phi) is 4.72. The molecule has 0 aromatic heterocycles. The van der Waals surface area contributed by atoms with E-state index in [-0.39, 0.29) is 0 Å². The number of rotatable bonds is 5. The number of ether oxygens (including phenoxy) is 1. The van der Waals surface area contributed by atoms with Crippen molar-refractivity contribution < 1.29 is 4.74 Å². The third kappa shape index (κ3) is 3.96. The first-order chi connectivity index (χ1) is 11.2. The summed E-state index contributed by atoms with van der Waals surface area (Å²) in [5.74, 6) is 1.78. The summed E-state index contributed by atoms with van der Waals surface area (Å²) in [5, 5.41) is 4.04. The molecular formula is C18H20ClN3O. The summed E-state index contributed by atoms with van der Waals surface area (Å²) in [4.78, 5) is 4.41. The Morgan fingerprint density at radius 3 is 2.74 bits per heavy atom. The van der Waals surface area contributed by atoms with Crippen LogP contribution in [0.15, 0.2) is 53.5 Å². The molecule has 23 heavy (non-hydrogen) atoms. The predicted molar refractivity (Wildman–Crippen MR) is 94.1 cm³/mol. The van der Waals surface area contributed by atoms with Crippen molar-refractivity contribution in [2.45, 2.75) is 24.9 Å². The van der Waals surface area contributed by atoms with Gasteiger partial charge in [0.2, 0.25) is 0 Å². The van der Waals surface area contributed by atoms with Crippen molar-refractivity contribution in [1.29, 1.82) is 0 Å². The highest BCUT2D eigenvalue weighted by atomic mass is 35.5. The average Bonchev–Trinajstić information content (AvgIpc) is 3.33. The molecule has 1 aliphatic rings. The van der Waals surface area contributed by atoms with Gasteiger partial charge < -0.3 is 15.8 Å². The Bertz CT molecular complexity index is 700. The number of halogens is 1. The van der Waals surface area contributed by atoms with Gasteiger partial charge in [0.25, 0.3) is 0 Å². The van der Waals surface area contributed by atoms with Gasteiger partial charge in [-0.15, -0.1) is 0 Å². The molecule has 2 aromatic carbocycles. The first-order valence-corrected chi connectivity index (χ1v) is 7.99. The topological polar surface area (TPSA) is 59.6 Å². The minimum absolute atomic E-state index is 0.345. The number of nitrogens with two attached hydrogens (primary N) is 1. The highest BCUT2D eigenvalue weighted by Crippen LogP contribution is 2.40. The van der Waals surface area contributed by atoms with Gasteiger partial charge in [-0.1, -0.05) is 41.9 Å². The molecule has 1 aliphatic carbocycles. The van der Waals surface area contributed by atoms with Crippen LogP contribution < -0.4 is 15.8 Å². The largest absolute Gasteiger partial charge is 0.496 e. The molecule has 0 amide bonds. The minimum Gasteiger partial charge on any atom is -0.496 e. The molecule has 0 bridgehead atoms. The smallest absolute Gasteiger partial charge is 0.189 e. The zero-order valence-corrected chi connectivity index (χ0v) is 13.8. The summed E-state index contributed by atoms with van der Waals surface area (Å²) < 4.78 is 5.31. The fraction of sp³-hybridized carbons (Fsp3) is 0.278. The van der Waals surface area contributed by atoms with Crippen molar-refractivity contribution in [1.82, 2.24) is 5.32 Å². The van der Waals surface area contributed by atoms with Gasteiger partial charge in [0.15, 0.2) is 5.96 Å². The van der Waals surface area contributed by atoms with Gasteiger partial charge in [0.05, 0.1) is 13.7 Å². The molecule has 0 radical (unpaired) electrons. The van der Waals surface area contributed by atoms with Crippen LogP contribution in [0.3, 0.4) is 0 Å². The van der Waals surface area contributed by atoms with Crippen LogP contribution in [0.25, 0.3) is 0 Å². The molecule has 0 aliphatic heterocycles. The lowest BCUT2D eigenvalue weighted by molar-refractivity contribution is 0.410. The van der Waals surface area contributed by atoms with Crippen molar-refractivity contribution in [3.8, 4) is 5.75 Å². The second-order valence-electron chi connectivity index (χ2n) is 5.66. The van der Waals surface area contributed by atoms with Crippen LogP contribution in [0.4, 0.5) is 0 Å². The van der Waals surface area contributed by atoms with E-state index < -0.39 is 0 Å². The maximum absolute atomic E-state index is 6.00. The molecule has 0 spiro atoms. The standard InChI is InChI=1S/C18H20ClN3O/c1-23-17-5-3-2-4-13(17)11-21-18(20)22-16-10-15(16)12-6-8-14(19)9-7-12/h2-9,15-16H,10-11H2,1H3,(H3,20,21,22)/t15-,16+/m0/s1. The number of nitrogens with one attached hydrogen (secondary N) is 1. The normalized spacial score (nSPS) is 20.2. The molecule has 120 valence electrons. The number of hydrogen-bond acceptors (Lipinski definition) is 2. The molecule has 0 saturated heterocycles. The van der Waals surface area contributed by atoms with E-state index in [1.165, 1.54) is 5.56 Å². The van der Waals surface area contributed by atoms with Crippen molar-refractivity contribution in [2.75, 3.05) is 7.11 Å². The fourth-order valence-electron chi connectivity index (χ4n) is 2.67. The number of guanidine groups is 1. The van der Waals surface area contributed by atoms with Crippen molar-refractivity contribution >= 4 is 17.6 Å². The second-order valence-corrected chi connectivity index (χ2v) is 6.09. The van der Waals surface area contributed by atoms with E-state index in [2.05, 4.69) is 22.4 Å². The molecule has 2 aromatic rings. The summed E-state index contributed by atoms with van der Waals surface area (Å²) in [6.45, 7) is 0.501. The number of benzene rings is 2. The van der Waals surface area contributed by atoms with E-state index in [0.717, 1.165) is 22.8 Å². The Hall–Kier alpha value is -2.20. The van der Waals surface area contributed by atoms with Crippen LogP contribution >= 0.6 is 11.6 Å². The number of hydrogen-bond donors (Lipinski definition) is 2. The first kappa shape index (κ1) is 15.7. The van der Waals surface area contributed by atoms with Gasteiger partial charge in [0, 0.05) is 22.5 Å². The first-order valence-electron chi connectivity index (χ1n) is 7.61. The summed E-state index contributed by atoms with van der Waals surface area (Å²) in [5.41, 5.74) is 8.30. The van der Waals surface area contributed by atoms with Gasteiger partial charge >= 0.3 is 0 Å². The number of nitrogens with zero attached hydrogens (tertiary/aromatic N) is 1. The molecule has 5 heteroatoms. The van der Waals surface area contributed by atoms with Crippen molar-refractivity contribution in [3.63, 3.8) is 0 Å². The van der Waals surface area contributed by atoms with E-state index >= 15 is 0 Å². The monoisotopic (exact) mass is 329 g/mol. The SMILES string of the molecule is COc1ccccc1CN=C(N)N[C@@H]1C[C@H]1c1ccc(Cl)cc1. The third-order valence-corrected chi connectivity index (χ3v) is 4.29. The molecule has 1 saturated carbocycles. The molecule has 4 nitrogen and oxygen atoms in total. The molecule has 1 fully saturated rings. The van der Waals surface area contributed by atoms with E-state index in [0.29, 0.717) is 24.5 Å². The Balaban J connectivity index is 1.55. The van der Waals surface area contributed by atoms with Gasteiger partial charge in [-0.3, -0.25) is 0 Å². The number of para-hydroxylation sites is 1. The van der Waals surface area contributed by atoms with Crippen LogP contribution in [0.1, 0.15) is 23.5 Å². The lowest BCUT2D eigenvalue weighted by atomic mass is 10.1. The van der Waals surface area contributed by atoms with Gasteiger partial charge in [0.1, 0.15) is 5.75 Å². The van der Waals surface area contributed by atoms with Crippen LogP contribution in [0, 0.1) is 0 Å². The molecule has 0 heterocycles. The fourth-order valence-corrected chi connectivity index (χ4v) is 2.80. The lowest BCUT2D eigenvalue weighted by Gasteiger charge is -2.08. The number of aliphatic imine (C=N–C) groups is 1. The summed E-state index contributed by atoms with van der Waals surface area (Å²) in [6.07, 6.45) is 1.06. The summed E-state index contributed by atoms with van der Waals surface area (Å²) in [7, 11) is 1.66. The molecule has 0 unspecified atom stereocenters.